The van der Waals surface area contributed by atoms with Gasteiger partial charge in [-0.25, -0.2) is 0 Å². The molecule has 2 heterocycles. The summed E-state index contributed by atoms with van der Waals surface area (Å²) in [6.45, 7) is 6.19. The Morgan fingerprint density at radius 3 is 2.71 bits per heavy atom. The molecule has 1 saturated heterocycles. The molecule has 0 spiro atoms. The number of benzene rings is 1. The Morgan fingerprint density at radius 1 is 1.33 bits per heavy atom. The maximum atomic E-state index is 12.5. The molecule has 7 heteroatoms. The molecular formula is C17H23N5O2. The molecule has 1 aromatic carbocycles. The van der Waals surface area contributed by atoms with Crippen molar-refractivity contribution < 1.29 is 9.90 Å². The summed E-state index contributed by atoms with van der Waals surface area (Å²) in [6.07, 6.45) is 1.72. The molecule has 0 radical (unpaired) electrons. The van der Waals surface area contributed by atoms with Gasteiger partial charge in [-0.05, 0) is 38.8 Å². The van der Waals surface area contributed by atoms with E-state index in [9.17, 15) is 9.90 Å². The molecular weight excluding hydrogens is 306 g/mol. The smallest absolute Gasteiger partial charge is 0.246 e. The molecule has 1 aliphatic rings. The molecule has 7 nitrogen and oxygen atoms in total. The van der Waals surface area contributed by atoms with Crippen LogP contribution in [0.15, 0.2) is 24.3 Å². The van der Waals surface area contributed by atoms with Crippen molar-refractivity contribution in [2.75, 3.05) is 6.54 Å². The highest BCUT2D eigenvalue weighted by Crippen LogP contribution is 2.26. The van der Waals surface area contributed by atoms with Crippen LogP contribution in [0.2, 0.25) is 0 Å². The number of hydrogen-bond acceptors (Lipinski definition) is 5. The van der Waals surface area contributed by atoms with Gasteiger partial charge in [0.15, 0.2) is 0 Å². The molecule has 3 rings (SSSR count). The van der Waals surface area contributed by atoms with Crippen molar-refractivity contribution in [3.63, 3.8) is 0 Å². The van der Waals surface area contributed by atoms with Gasteiger partial charge in [-0.2, -0.15) is 4.80 Å². The number of nitrogens with zero attached hydrogens (tertiary/aromatic N) is 5. The van der Waals surface area contributed by atoms with Gasteiger partial charge in [0.05, 0.1) is 11.6 Å². The lowest BCUT2D eigenvalue weighted by Gasteiger charge is -2.33. The maximum absolute atomic E-state index is 12.5. The molecule has 1 unspecified atom stereocenters. The number of rotatable bonds is 4. The van der Waals surface area contributed by atoms with Gasteiger partial charge in [-0.15, -0.1) is 10.2 Å². The first kappa shape index (κ1) is 16.6. The Bertz CT molecular complexity index is 717. The number of carbonyl (C=O) groups is 1. The summed E-state index contributed by atoms with van der Waals surface area (Å²) < 4.78 is 0. The zero-order valence-electron chi connectivity index (χ0n) is 14.3. The molecule has 0 saturated carbocycles. The number of aryl methyl sites for hydroxylation is 1. The van der Waals surface area contributed by atoms with E-state index in [0.29, 0.717) is 12.4 Å². The second-order valence-electron chi connectivity index (χ2n) is 6.91. The lowest BCUT2D eigenvalue weighted by atomic mass is 9.96. The lowest BCUT2D eigenvalue weighted by Crippen LogP contribution is -2.49. The van der Waals surface area contributed by atoms with Crippen LogP contribution in [-0.4, -0.2) is 54.3 Å². The van der Waals surface area contributed by atoms with Crippen LogP contribution < -0.4 is 0 Å². The normalized spacial score (nSPS) is 18.2. The van der Waals surface area contributed by atoms with E-state index in [-0.39, 0.29) is 18.5 Å². The Balaban J connectivity index is 1.70. The number of tetrazole rings is 1. The van der Waals surface area contributed by atoms with Gasteiger partial charge in [-0.3, -0.25) is 4.79 Å². The van der Waals surface area contributed by atoms with Gasteiger partial charge in [0.1, 0.15) is 6.54 Å². The fraction of sp³-hybridized carbons (Fsp3) is 0.529. The molecule has 1 fully saturated rings. The molecule has 24 heavy (non-hydrogen) atoms. The first-order valence-electron chi connectivity index (χ1n) is 8.21. The molecule has 1 aliphatic heterocycles. The van der Waals surface area contributed by atoms with Gasteiger partial charge in [0.2, 0.25) is 11.7 Å². The number of aromatic nitrogens is 4. The average molecular weight is 329 g/mol. The van der Waals surface area contributed by atoms with Crippen LogP contribution in [0.5, 0.6) is 0 Å². The number of likely N-dealkylation sites (tertiary alicyclic amines) is 1. The topological polar surface area (TPSA) is 84.1 Å². The summed E-state index contributed by atoms with van der Waals surface area (Å²) >= 11 is 0. The first-order valence-corrected chi connectivity index (χ1v) is 8.21. The first-order chi connectivity index (χ1) is 11.3. The third kappa shape index (κ3) is 3.46. The molecule has 1 N–H and O–H groups in total. The van der Waals surface area contributed by atoms with E-state index in [0.717, 1.165) is 24.0 Å². The standard InChI is InChI=1S/C17H23N5O2/c1-12-6-8-13(9-7-12)16-18-20-22(19-16)11-15(23)21-10-4-5-14(21)17(2,3)24/h6-9,14,24H,4-5,10-11H2,1-3H3. The van der Waals surface area contributed by atoms with E-state index in [1.807, 2.05) is 31.2 Å². The van der Waals surface area contributed by atoms with Crippen molar-refractivity contribution >= 4 is 5.91 Å². The van der Waals surface area contributed by atoms with Crippen LogP contribution in [0, 0.1) is 6.92 Å². The summed E-state index contributed by atoms with van der Waals surface area (Å²) in [6, 6.07) is 7.68. The van der Waals surface area contributed by atoms with Crippen LogP contribution in [0.25, 0.3) is 11.4 Å². The third-order valence-electron chi connectivity index (χ3n) is 4.43. The van der Waals surface area contributed by atoms with Crippen LogP contribution in [0.3, 0.4) is 0 Å². The quantitative estimate of drug-likeness (QED) is 0.917. The van der Waals surface area contributed by atoms with Gasteiger partial charge in [0, 0.05) is 12.1 Å². The van der Waals surface area contributed by atoms with E-state index in [1.165, 1.54) is 4.80 Å². The summed E-state index contributed by atoms with van der Waals surface area (Å²) in [5, 5.41) is 22.5. The zero-order valence-corrected chi connectivity index (χ0v) is 14.3. The summed E-state index contributed by atoms with van der Waals surface area (Å²) in [7, 11) is 0. The van der Waals surface area contributed by atoms with Crippen molar-refractivity contribution in [1.29, 1.82) is 0 Å². The Labute approximate surface area is 141 Å². The highest BCUT2D eigenvalue weighted by atomic mass is 16.3. The predicted molar refractivity (Wildman–Crippen MR) is 89.0 cm³/mol. The minimum Gasteiger partial charge on any atom is -0.388 e. The number of amides is 1. The molecule has 2 aromatic rings. The van der Waals surface area contributed by atoms with E-state index >= 15 is 0 Å². The zero-order chi connectivity index (χ0) is 17.3. The Kier molecular flexibility index (Phi) is 4.36. The van der Waals surface area contributed by atoms with Crippen LogP contribution >= 0.6 is 0 Å². The Hall–Kier alpha value is -2.28. The van der Waals surface area contributed by atoms with E-state index in [2.05, 4.69) is 15.4 Å². The van der Waals surface area contributed by atoms with Crippen LogP contribution in [0.4, 0.5) is 0 Å². The van der Waals surface area contributed by atoms with Crippen molar-refractivity contribution in [2.24, 2.45) is 0 Å². The second-order valence-corrected chi connectivity index (χ2v) is 6.91. The summed E-state index contributed by atoms with van der Waals surface area (Å²) in [5.41, 5.74) is 1.12. The molecule has 128 valence electrons. The monoisotopic (exact) mass is 329 g/mol. The third-order valence-corrected chi connectivity index (χ3v) is 4.43. The maximum Gasteiger partial charge on any atom is 0.246 e. The van der Waals surface area contributed by atoms with E-state index in [4.69, 9.17) is 0 Å². The molecule has 0 aliphatic carbocycles. The van der Waals surface area contributed by atoms with Crippen molar-refractivity contribution in [2.45, 2.75) is 51.8 Å². The molecule has 1 atom stereocenters. The Morgan fingerprint density at radius 2 is 2.04 bits per heavy atom. The van der Waals surface area contributed by atoms with Crippen molar-refractivity contribution in [3.05, 3.63) is 29.8 Å². The molecule has 0 bridgehead atoms. The molecule has 1 amide bonds. The highest BCUT2D eigenvalue weighted by molar-refractivity contribution is 5.76. The SMILES string of the molecule is Cc1ccc(-c2nnn(CC(=O)N3CCCC3C(C)(C)O)n2)cc1. The lowest BCUT2D eigenvalue weighted by molar-refractivity contribution is -0.137. The fourth-order valence-electron chi connectivity index (χ4n) is 3.14. The van der Waals surface area contributed by atoms with E-state index in [1.54, 1.807) is 18.7 Å². The van der Waals surface area contributed by atoms with Gasteiger partial charge < -0.3 is 10.0 Å². The van der Waals surface area contributed by atoms with Gasteiger partial charge in [0.25, 0.3) is 0 Å². The van der Waals surface area contributed by atoms with Crippen LogP contribution in [-0.2, 0) is 11.3 Å². The minimum atomic E-state index is -0.908. The largest absolute Gasteiger partial charge is 0.388 e. The number of aliphatic hydroxyl groups is 1. The molecule has 1 aromatic heterocycles. The summed E-state index contributed by atoms with van der Waals surface area (Å²) in [5.74, 6) is 0.413. The van der Waals surface area contributed by atoms with E-state index < -0.39 is 5.60 Å². The van der Waals surface area contributed by atoms with Crippen LogP contribution in [0.1, 0.15) is 32.3 Å². The van der Waals surface area contributed by atoms with Gasteiger partial charge in [-0.1, -0.05) is 29.8 Å². The number of carbonyl (C=O) groups excluding carboxylic acids is 1. The minimum absolute atomic E-state index is 0.0332. The highest BCUT2D eigenvalue weighted by Gasteiger charge is 2.38. The number of hydrogen-bond donors (Lipinski definition) is 1. The van der Waals surface area contributed by atoms with Crippen molar-refractivity contribution in [3.8, 4) is 11.4 Å². The van der Waals surface area contributed by atoms with Gasteiger partial charge >= 0.3 is 0 Å². The summed E-state index contributed by atoms with van der Waals surface area (Å²) in [4.78, 5) is 15.6. The second kappa shape index (κ2) is 6.32. The fourth-order valence-corrected chi connectivity index (χ4v) is 3.14. The average Bonchev–Trinajstić information content (AvgIpc) is 3.16. The van der Waals surface area contributed by atoms with Crippen molar-refractivity contribution in [1.82, 2.24) is 25.1 Å². The predicted octanol–water partition coefficient (Wildman–Crippen LogP) is 1.41.